The number of aliphatic hydroxyl groups is 2. The van der Waals surface area contributed by atoms with Gasteiger partial charge in [-0.05, 0) is 92.3 Å². The lowest BCUT2D eigenvalue weighted by Gasteiger charge is -2.62. The smallest absolute Gasteiger partial charge is 0.152 e. The Morgan fingerprint density at radius 2 is 1.72 bits per heavy atom. The van der Waals surface area contributed by atoms with Gasteiger partial charge in [-0.15, -0.1) is 0 Å². The third-order valence-corrected chi connectivity index (χ3v) is 10.7. The number of unbranched alkanes of at least 4 members (excludes halogenated alkanes) is 4. The summed E-state index contributed by atoms with van der Waals surface area (Å²) in [4.78, 5) is 12.4. The maximum atomic E-state index is 12.4. The molecule has 0 spiro atoms. The molecule has 0 aromatic carbocycles. The Kier molecular flexibility index (Phi) is 7.74. The van der Waals surface area contributed by atoms with Crippen molar-refractivity contribution in [2.24, 2.45) is 40.4 Å². The Labute approximate surface area is 195 Å². The molecule has 4 aliphatic carbocycles. The third-order valence-electron chi connectivity index (χ3n) is 10.7. The average Bonchev–Trinajstić information content (AvgIpc) is 3.07. The number of hydrogen-bond donors (Lipinski definition) is 2. The van der Waals surface area contributed by atoms with Crippen LogP contribution in [0.1, 0.15) is 111 Å². The minimum Gasteiger partial charge on any atom is -0.396 e. The largest absolute Gasteiger partial charge is 0.396 e. The molecule has 9 atom stereocenters. The molecule has 1 unspecified atom stereocenters. The van der Waals surface area contributed by atoms with Gasteiger partial charge in [-0.3, -0.25) is 4.79 Å². The summed E-state index contributed by atoms with van der Waals surface area (Å²) in [5.74, 6) is 4.01. The first-order valence-corrected chi connectivity index (χ1v) is 13.8. The van der Waals surface area contributed by atoms with Crippen molar-refractivity contribution in [3.05, 3.63) is 0 Å². The lowest BCUT2D eigenvalue weighted by molar-refractivity contribution is -0.188. The Balaban J connectivity index is 1.53. The summed E-state index contributed by atoms with van der Waals surface area (Å²) in [7, 11) is 0. The molecular formula is C28H48O4. The molecule has 0 radical (unpaired) electrons. The molecule has 0 bridgehead atoms. The molecule has 4 fully saturated rings. The fourth-order valence-electron chi connectivity index (χ4n) is 8.98. The van der Waals surface area contributed by atoms with E-state index < -0.39 is 6.29 Å². The molecule has 184 valence electrons. The van der Waals surface area contributed by atoms with E-state index >= 15 is 0 Å². The van der Waals surface area contributed by atoms with Crippen molar-refractivity contribution in [2.75, 3.05) is 6.61 Å². The molecule has 32 heavy (non-hydrogen) atoms. The summed E-state index contributed by atoms with van der Waals surface area (Å²) < 4.78 is 6.07. The highest BCUT2D eigenvalue weighted by Gasteiger charge is 2.62. The fraction of sp³-hybridized carbons (Fsp3) is 0.964. The zero-order valence-electron chi connectivity index (χ0n) is 20.9. The van der Waals surface area contributed by atoms with Gasteiger partial charge in [0.1, 0.15) is 5.78 Å². The van der Waals surface area contributed by atoms with Gasteiger partial charge in [-0.25, -0.2) is 0 Å². The maximum Gasteiger partial charge on any atom is 0.152 e. The van der Waals surface area contributed by atoms with Crippen molar-refractivity contribution in [3.63, 3.8) is 0 Å². The normalized spacial score (nSPS) is 44.6. The van der Waals surface area contributed by atoms with Crippen molar-refractivity contribution in [1.29, 1.82) is 0 Å². The summed E-state index contributed by atoms with van der Waals surface area (Å²) in [6.45, 7) is 7.07. The van der Waals surface area contributed by atoms with Crippen molar-refractivity contribution >= 4 is 5.78 Å². The first-order valence-electron chi connectivity index (χ1n) is 13.8. The van der Waals surface area contributed by atoms with Crippen LogP contribution in [0.15, 0.2) is 0 Å². The molecule has 4 saturated carbocycles. The molecule has 0 heterocycles. The van der Waals surface area contributed by atoms with Gasteiger partial charge in [0.25, 0.3) is 0 Å². The number of fused-ring (bicyclic) bond motifs is 5. The molecule has 4 aliphatic rings. The predicted octanol–water partition coefficient (Wildman–Crippen LogP) is 5.88. The van der Waals surface area contributed by atoms with E-state index in [9.17, 15) is 9.90 Å². The number of rotatable bonds is 9. The SMILES string of the molecule is CC(O)O[C@H]1CC[C@H]2[C@@H]3[C@H](CCCCCCCO)C[C@H]4CC(=O)CC[C@]4(C)[C@H]3CC[C@]12C. The fourth-order valence-corrected chi connectivity index (χ4v) is 8.98. The van der Waals surface area contributed by atoms with Crippen molar-refractivity contribution in [1.82, 2.24) is 0 Å². The Morgan fingerprint density at radius 1 is 1.00 bits per heavy atom. The number of carbonyl (C=O) groups is 1. The van der Waals surface area contributed by atoms with Crippen LogP contribution in [0.2, 0.25) is 0 Å². The molecule has 4 heteroatoms. The number of aliphatic hydroxyl groups excluding tert-OH is 2. The zero-order valence-corrected chi connectivity index (χ0v) is 20.9. The van der Waals surface area contributed by atoms with Gasteiger partial charge < -0.3 is 14.9 Å². The van der Waals surface area contributed by atoms with Crippen LogP contribution in [0, 0.1) is 40.4 Å². The average molecular weight is 449 g/mol. The summed E-state index contributed by atoms with van der Waals surface area (Å²) in [5, 5.41) is 19.0. The summed E-state index contributed by atoms with van der Waals surface area (Å²) in [6, 6.07) is 0. The van der Waals surface area contributed by atoms with Gasteiger partial charge in [0.05, 0.1) is 6.10 Å². The standard InChI is InChI=1S/C28H48O4/c1-19(30)32-25-11-10-23-26-20(9-7-5-4-6-8-16-29)17-21-18-22(31)12-14-27(21,2)24(26)13-15-28(23,25)3/h19-21,23-26,29-30H,4-18H2,1-3H3/t19?,20-,21+,23+,24+,25+,26+,27+,28+/m1/s1. The second-order valence-corrected chi connectivity index (χ2v) is 12.4. The Hall–Kier alpha value is -0.450. The van der Waals surface area contributed by atoms with Crippen LogP contribution in [0.5, 0.6) is 0 Å². The van der Waals surface area contributed by atoms with E-state index in [0.29, 0.717) is 29.6 Å². The number of ether oxygens (including phenoxy) is 1. The van der Waals surface area contributed by atoms with Crippen LogP contribution < -0.4 is 0 Å². The predicted molar refractivity (Wildman–Crippen MR) is 127 cm³/mol. The van der Waals surface area contributed by atoms with Crippen LogP contribution in [-0.2, 0) is 9.53 Å². The maximum absolute atomic E-state index is 12.4. The van der Waals surface area contributed by atoms with Gasteiger partial charge in [0.2, 0.25) is 0 Å². The van der Waals surface area contributed by atoms with Crippen LogP contribution in [0.4, 0.5) is 0 Å². The highest BCUT2D eigenvalue weighted by Crippen LogP contribution is 2.68. The van der Waals surface area contributed by atoms with E-state index in [-0.39, 0.29) is 11.5 Å². The minimum absolute atomic E-state index is 0.186. The van der Waals surface area contributed by atoms with E-state index in [0.717, 1.165) is 56.3 Å². The topological polar surface area (TPSA) is 66.8 Å². The highest BCUT2D eigenvalue weighted by atomic mass is 16.6. The summed E-state index contributed by atoms with van der Waals surface area (Å²) in [5.41, 5.74) is 0.520. The first kappa shape index (κ1) is 24.7. The van der Waals surface area contributed by atoms with E-state index in [1.54, 1.807) is 6.92 Å². The quantitative estimate of drug-likeness (QED) is 0.341. The van der Waals surface area contributed by atoms with E-state index in [2.05, 4.69) is 13.8 Å². The molecule has 0 aliphatic heterocycles. The lowest BCUT2D eigenvalue weighted by Crippen LogP contribution is -2.57. The van der Waals surface area contributed by atoms with Crippen molar-refractivity contribution in [2.45, 2.75) is 123 Å². The number of Topliss-reactive ketones (excluding diaryl/α,β-unsaturated/α-hetero) is 1. The molecule has 4 rings (SSSR count). The van der Waals surface area contributed by atoms with Gasteiger partial charge in [0.15, 0.2) is 6.29 Å². The Morgan fingerprint density at radius 3 is 2.47 bits per heavy atom. The van der Waals surface area contributed by atoms with E-state index in [1.165, 1.54) is 51.4 Å². The monoisotopic (exact) mass is 448 g/mol. The molecule has 0 amide bonds. The second kappa shape index (κ2) is 10.0. The van der Waals surface area contributed by atoms with Crippen LogP contribution in [0.3, 0.4) is 0 Å². The third kappa shape index (κ3) is 4.58. The number of carbonyl (C=O) groups excluding carboxylic acids is 1. The van der Waals surface area contributed by atoms with Crippen molar-refractivity contribution in [3.8, 4) is 0 Å². The van der Waals surface area contributed by atoms with Gasteiger partial charge in [0, 0.05) is 19.4 Å². The molecule has 2 N–H and O–H groups in total. The van der Waals surface area contributed by atoms with Gasteiger partial charge in [-0.2, -0.15) is 0 Å². The van der Waals surface area contributed by atoms with Crippen LogP contribution in [0.25, 0.3) is 0 Å². The molecule has 0 aromatic rings. The highest BCUT2D eigenvalue weighted by molar-refractivity contribution is 5.79. The first-order chi connectivity index (χ1) is 15.3. The van der Waals surface area contributed by atoms with Crippen LogP contribution in [-0.4, -0.2) is 35.0 Å². The minimum atomic E-state index is -0.680. The van der Waals surface area contributed by atoms with Gasteiger partial charge in [-0.1, -0.05) is 46.0 Å². The molecule has 4 nitrogen and oxygen atoms in total. The summed E-state index contributed by atoms with van der Waals surface area (Å²) in [6.07, 6.45) is 15.4. The van der Waals surface area contributed by atoms with Crippen molar-refractivity contribution < 1.29 is 19.7 Å². The molecule has 0 saturated heterocycles. The molecular weight excluding hydrogens is 400 g/mol. The number of hydrogen-bond acceptors (Lipinski definition) is 4. The van der Waals surface area contributed by atoms with E-state index in [1.807, 2.05) is 0 Å². The molecule has 0 aromatic heterocycles. The second-order valence-electron chi connectivity index (χ2n) is 12.4. The summed E-state index contributed by atoms with van der Waals surface area (Å²) >= 11 is 0. The van der Waals surface area contributed by atoms with Gasteiger partial charge >= 0.3 is 0 Å². The Bertz CT molecular complexity index is 647. The lowest BCUT2D eigenvalue weighted by atomic mass is 9.42. The van der Waals surface area contributed by atoms with E-state index in [4.69, 9.17) is 9.84 Å². The van der Waals surface area contributed by atoms with Crippen LogP contribution >= 0.6 is 0 Å². The number of ketones is 1. The zero-order chi connectivity index (χ0) is 22.9.